The van der Waals surface area contributed by atoms with Crippen LogP contribution in [0.5, 0.6) is 0 Å². The normalized spacial score (nSPS) is 28.6. The summed E-state index contributed by atoms with van der Waals surface area (Å²) in [5.41, 5.74) is 1.46. The van der Waals surface area contributed by atoms with Crippen LogP contribution in [-0.2, 0) is 6.54 Å². The zero-order valence-corrected chi connectivity index (χ0v) is 11.3. The summed E-state index contributed by atoms with van der Waals surface area (Å²) in [7, 11) is 0. The topological polar surface area (TPSA) is 15.3 Å². The molecule has 98 valence electrons. The third-order valence-corrected chi connectivity index (χ3v) is 4.33. The second-order valence-electron chi connectivity index (χ2n) is 5.93. The summed E-state index contributed by atoms with van der Waals surface area (Å²) in [6, 6.07) is 13.2. The molecule has 2 nitrogen and oxygen atoms in total. The van der Waals surface area contributed by atoms with Crippen LogP contribution in [0.1, 0.15) is 38.2 Å². The van der Waals surface area contributed by atoms with Crippen molar-refractivity contribution in [1.82, 2.24) is 10.2 Å². The van der Waals surface area contributed by atoms with Crippen LogP contribution in [-0.4, -0.2) is 29.6 Å². The Bertz CT molecular complexity index is 364. The van der Waals surface area contributed by atoms with Crippen molar-refractivity contribution in [2.24, 2.45) is 0 Å². The van der Waals surface area contributed by atoms with Gasteiger partial charge in [-0.15, -0.1) is 0 Å². The predicted octanol–water partition coefficient (Wildman–Crippen LogP) is 2.79. The molecule has 2 heteroatoms. The highest BCUT2D eigenvalue weighted by Gasteiger charge is 2.35. The minimum atomic E-state index is 0.707. The molecule has 18 heavy (non-hydrogen) atoms. The molecule has 1 aromatic rings. The lowest BCUT2D eigenvalue weighted by Gasteiger charge is -2.37. The molecule has 1 N–H and O–H groups in total. The van der Waals surface area contributed by atoms with E-state index in [0.717, 1.165) is 18.6 Å². The molecule has 0 aromatic heterocycles. The van der Waals surface area contributed by atoms with Gasteiger partial charge in [0.2, 0.25) is 0 Å². The molecule has 0 radical (unpaired) electrons. The minimum Gasteiger partial charge on any atom is -0.313 e. The molecule has 3 rings (SSSR count). The second kappa shape index (κ2) is 5.41. The maximum absolute atomic E-state index is 3.64. The Balaban J connectivity index is 1.65. The lowest BCUT2D eigenvalue weighted by molar-refractivity contribution is 0.138. The Morgan fingerprint density at radius 1 is 1.06 bits per heavy atom. The summed E-state index contributed by atoms with van der Waals surface area (Å²) in [5, 5.41) is 3.64. The highest BCUT2D eigenvalue weighted by Crippen LogP contribution is 2.32. The fourth-order valence-corrected chi connectivity index (χ4v) is 3.02. The molecule has 2 unspecified atom stereocenters. The van der Waals surface area contributed by atoms with Gasteiger partial charge >= 0.3 is 0 Å². The summed E-state index contributed by atoms with van der Waals surface area (Å²) in [6.07, 6.45) is 5.48. The van der Waals surface area contributed by atoms with Gasteiger partial charge in [0.1, 0.15) is 0 Å². The van der Waals surface area contributed by atoms with Crippen LogP contribution in [0.25, 0.3) is 0 Å². The van der Waals surface area contributed by atoms with Gasteiger partial charge in [0.15, 0.2) is 0 Å². The summed E-state index contributed by atoms with van der Waals surface area (Å²) in [4.78, 5) is 2.74. The lowest BCUT2D eigenvalue weighted by atomic mass is 10.00. The summed E-state index contributed by atoms with van der Waals surface area (Å²) in [5.74, 6) is 0. The molecule has 1 aliphatic carbocycles. The summed E-state index contributed by atoms with van der Waals surface area (Å²) in [6.45, 7) is 4.60. The monoisotopic (exact) mass is 244 g/mol. The third-order valence-electron chi connectivity index (χ3n) is 4.33. The molecule has 1 aliphatic heterocycles. The van der Waals surface area contributed by atoms with Crippen LogP contribution in [0.15, 0.2) is 30.3 Å². The first-order chi connectivity index (χ1) is 8.83. The predicted molar refractivity (Wildman–Crippen MR) is 75.5 cm³/mol. The van der Waals surface area contributed by atoms with E-state index < -0.39 is 0 Å². The van der Waals surface area contributed by atoms with E-state index >= 15 is 0 Å². The first-order valence-electron chi connectivity index (χ1n) is 7.36. The Hall–Kier alpha value is -0.860. The zero-order chi connectivity index (χ0) is 12.4. The van der Waals surface area contributed by atoms with E-state index in [-0.39, 0.29) is 0 Å². The van der Waals surface area contributed by atoms with Gasteiger partial charge in [-0.2, -0.15) is 0 Å². The molecule has 1 saturated heterocycles. The van der Waals surface area contributed by atoms with Gasteiger partial charge in [0, 0.05) is 31.2 Å². The fraction of sp³-hybridized carbons (Fsp3) is 0.625. The number of hydrogen-bond acceptors (Lipinski definition) is 2. The molecule has 0 amide bonds. The lowest BCUT2D eigenvalue weighted by Crippen LogP contribution is -2.49. The number of hydrogen-bond donors (Lipinski definition) is 1. The zero-order valence-electron chi connectivity index (χ0n) is 11.3. The van der Waals surface area contributed by atoms with E-state index in [2.05, 4.69) is 47.5 Å². The summed E-state index contributed by atoms with van der Waals surface area (Å²) >= 11 is 0. The Morgan fingerprint density at radius 3 is 2.39 bits per heavy atom. The van der Waals surface area contributed by atoms with Gasteiger partial charge in [0.25, 0.3) is 0 Å². The fourth-order valence-electron chi connectivity index (χ4n) is 3.02. The SMILES string of the molecule is CC1CCC(N(Cc2ccccc2)C2CC2)CN1. The van der Waals surface area contributed by atoms with Crippen LogP contribution in [0, 0.1) is 0 Å². The van der Waals surface area contributed by atoms with Crippen LogP contribution in [0.2, 0.25) is 0 Å². The molecular formula is C16H24N2. The molecule has 2 aliphatic rings. The first-order valence-corrected chi connectivity index (χ1v) is 7.36. The molecule has 0 bridgehead atoms. The van der Waals surface area contributed by atoms with Gasteiger partial charge in [-0.05, 0) is 38.2 Å². The third kappa shape index (κ3) is 2.93. The van der Waals surface area contributed by atoms with Crippen molar-refractivity contribution in [2.75, 3.05) is 6.54 Å². The van der Waals surface area contributed by atoms with Gasteiger partial charge < -0.3 is 5.32 Å². The second-order valence-corrected chi connectivity index (χ2v) is 5.93. The van der Waals surface area contributed by atoms with Gasteiger partial charge in [-0.3, -0.25) is 4.90 Å². The number of rotatable bonds is 4. The standard InChI is InChI=1S/C16H24N2/c1-13-7-8-16(11-17-13)18(15-9-10-15)12-14-5-3-2-4-6-14/h2-6,13,15-17H,7-12H2,1H3. The van der Waals surface area contributed by atoms with Crippen molar-refractivity contribution >= 4 is 0 Å². The Morgan fingerprint density at radius 2 is 1.78 bits per heavy atom. The average molecular weight is 244 g/mol. The number of nitrogens with one attached hydrogen (secondary N) is 1. The first kappa shape index (κ1) is 12.2. The van der Waals surface area contributed by atoms with E-state index in [0.29, 0.717) is 6.04 Å². The Labute approximate surface area is 110 Å². The van der Waals surface area contributed by atoms with Crippen LogP contribution < -0.4 is 5.32 Å². The van der Waals surface area contributed by atoms with Crippen molar-refractivity contribution < 1.29 is 0 Å². The van der Waals surface area contributed by atoms with E-state index in [1.807, 2.05) is 0 Å². The van der Waals surface area contributed by atoms with Crippen molar-refractivity contribution in [2.45, 2.75) is 57.3 Å². The van der Waals surface area contributed by atoms with Crippen molar-refractivity contribution in [3.8, 4) is 0 Å². The quantitative estimate of drug-likeness (QED) is 0.876. The van der Waals surface area contributed by atoms with Crippen LogP contribution in [0.4, 0.5) is 0 Å². The van der Waals surface area contributed by atoms with Crippen LogP contribution >= 0.6 is 0 Å². The highest BCUT2D eigenvalue weighted by molar-refractivity contribution is 5.15. The summed E-state index contributed by atoms with van der Waals surface area (Å²) < 4.78 is 0. The molecule has 1 aromatic carbocycles. The van der Waals surface area contributed by atoms with Gasteiger partial charge in [-0.25, -0.2) is 0 Å². The molecule has 2 atom stereocenters. The average Bonchev–Trinajstić information content (AvgIpc) is 3.23. The maximum Gasteiger partial charge on any atom is 0.0240 e. The maximum atomic E-state index is 3.64. The van der Waals surface area contributed by atoms with Crippen LogP contribution in [0.3, 0.4) is 0 Å². The highest BCUT2D eigenvalue weighted by atomic mass is 15.2. The van der Waals surface area contributed by atoms with E-state index in [4.69, 9.17) is 0 Å². The van der Waals surface area contributed by atoms with E-state index in [1.54, 1.807) is 0 Å². The Kier molecular flexibility index (Phi) is 3.67. The molecule has 0 spiro atoms. The van der Waals surface area contributed by atoms with Gasteiger partial charge in [0.05, 0.1) is 0 Å². The van der Waals surface area contributed by atoms with Crippen molar-refractivity contribution in [3.63, 3.8) is 0 Å². The van der Waals surface area contributed by atoms with E-state index in [1.165, 1.54) is 37.8 Å². The largest absolute Gasteiger partial charge is 0.313 e. The molecule has 1 saturated carbocycles. The minimum absolute atomic E-state index is 0.707. The van der Waals surface area contributed by atoms with Crippen molar-refractivity contribution in [3.05, 3.63) is 35.9 Å². The molecule has 1 heterocycles. The van der Waals surface area contributed by atoms with Crippen molar-refractivity contribution in [1.29, 1.82) is 0 Å². The number of piperidine rings is 1. The van der Waals surface area contributed by atoms with E-state index in [9.17, 15) is 0 Å². The van der Waals surface area contributed by atoms with Gasteiger partial charge in [-0.1, -0.05) is 30.3 Å². The molecular weight excluding hydrogens is 220 g/mol. The number of nitrogens with zero attached hydrogens (tertiary/aromatic N) is 1. The number of benzene rings is 1. The smallest absolute Gasteiger partial charge is 0.0240 e. The molecule has 2 fully saturated rings.